The summed E-state index contributed by atoms with van der Waals surface area (Å²) in [5.74, 6) is 0.474. The van der Waals surface area contributed by atoms with Gasteiger partial charge in [0.2, 0.25) is 6.79 Å². The van der Waals surface area contributed by atoms with E-state index in [1.807, 2.05) is 24.3 Å². The van der Waals surface area contributed by atoms with Gasteiger partial charge in [0, 0.05) is 6.54 Å². The van der Waals surface area contributed by atoms with E-state index in [2.05, 4.69) is 17.4 Å². The molecule has 2 aromatic rings. The summed E-state index contributed by atoms with van der Waals surface area (Å²) in [6, 6.07) is 13.8. The normalized spacial score (nSPS) is 12.3. The molecule has 0 unspecified atom stereocenters. The first-order valence-electron chi connectivity index (χ1n) is 7.60. The zero-order chi connectivity index (χ0) is 16.1. The Morgan fingerprint density at radius 2 is 1.78 bits per heavy atom. The van der Waals surface area contributed by atoms with Crippen molar-refractivity contribution in [3.63, 3.8) is 0 Å². The van der Waals surface area contributed by atoms with Crippen molar-refractivity contribution < 1.29 is 19.4 Å². The van der Waals surface area contributed by atoms with Crippen LogP contribution in [0.3, 0.4) is 0 Å². The van der Waals surface area contributed by atoms with Crippen LogP contribution >= 0.6 is 0 Å². The third-order valence-corrected chi connectivity index (χ3v) is 3.78. The van der Waals surface area contributed by atoms with Gasteiger partial charge >= 0.3 is 5.97 Å². The standard InChI is InChI=1S/C18H19NO4/c20-18(21)10-15-9-17-16(22-12-23-17)8-14(15)6-7-19-11-13-4-2-1-3-5-13/h1-5,8-9,19H,6-7,10-12H2,(H,20,21). The van der Waals surface area contributed by atoms with Gasteiger partial charge in [0.25, 0.3) is 0 Å². The maximum Gasteiger partial charge on any atom is 0.307 e. The van der Waals surface area contributed by atoms with Crippen molar-refractivity contribution in [2.24, 2.45) is 0 Å². The predicted octanol–water partition coefficient (Wildman–Crippen LogP) is 2.37. The van der Waals surface area contributed by atoms with Crippen LogP contribution in [0.5, 0.6) is 11.5 Å². The van der Waals surface area contributed by atoms with E-state index in [4.69, 9.17) is 14.6 Å². The van der Waals surface area contributed by atoms with E-state index in [1.165, 1.54) is 5.56 Å². The average molecular weight is 313 g/mol. The minimum absolute atomic E-state index is 0.00927. The smallest absolute Gasteiger partial charge is 0.307 e. The second-order valence-corrected chi connectivity index (χ2v) is 5.46. The lowest BCUT2D eigenvalue weighted by atomic mass is 10.0. The topological polar surface area (TPSA) is 67.8 Å². The zero-order valence-electron chi connectivity index (χ0n) is 12.7. The Labute approximate surface area is 134 Å². The fourth-order valence-corrected chi connectivity index (χ4v) is 2.64. The van der Waals surface area contributed by atoms with Crippen LogP contribution in [0.25, 0.3) is 0 Å². The number of nitrogens with one attached hydrogen (secondary N) is 1. The molecule has 5 heteroatoms. The van der Waals surface area contributed by atoms with E-state index in [0.717, 1.165) is 30.6 Å². The van der Waals surface area contributed by atoms with Crippen molar-refractivity contribution in [1.29, 1.82) is 0 Å². The second-order valence-electron chi connectivity index (χ2n) is 5.46. The number of carboxylic acids is 1. The molecule has 0 saturated carbocycles. The molecular formula is C18H19NO4. The molecule has 23 heavy (non-hydrogen) atoms. The van der Waals surface area contributed by atoms with E-state index in [1.54, 1.807) is 6.07 Å². The summed E-state index contributed by atoms with van der Waals surface area (Å²) in [4.78, 5) is 11.0. The van der Waals surface area contributed by atoms with Crippen molar-refractivity contribution in [2.45, 2.75) is 19.4 Å². The van der Waals surface area contributed by atoms with Crippen molar-refractivity contribution in [3.8, 4) is 11.5 Å². The highest BCUT2D eigenvalue weighted by molar-refractivity contribution is 5.71. The van der Waals surface area contributed by atoms with Crippen LogP contribution in [0, 0.1) is 0 Å². The van der Waals surface area contributed by atoms with Gasteiger partial charge in [-0.25, -0.2) is 0 Å². The SMILES string of the molecule is O=C(O)Cc1cc2c(cc1CCNCc1ccccc1)OCO2. The number of fused-ring (bicyclic) bond motifs is 1. The molecule has 2 aromatic carbocycles. The fourth-order valence-electron chi connectivity index (χ4n) is 2.64. The number of carboxylic acid groups (broad SMARTS) is 1. The van der Waals surface area contributed by atoms with Gasteiger partial charge < -0.3 is 19.9 Å². The lowest BCUT2D eigenvalue weighted by molar-refractivity contribution is -0.136. The highest BCUT2D eigenvalue weighted by Crippen LogP contribution is 2.35. The molecule has 2 N–H and O–H groups in total. The summed E-state index contributed by atoms with van der Waals surface area (Å²) in [5.41, 5.74) is 2.99. The average Bonchev–Trinajstić information content (AvgIpc) is 2.99. The van der Waals surface area contributed by atoms with E-state index in [9.17, 15) is 4.79 Å². The van der Waals surface area contributed by atoms with Crippen LogP contribution in [0.2, 0.25) is 0 Å². The third kappa shape index (κ3) is 4.02. The largest absolute Gasteiger partial charge is 0.481 e. The molecule has 0 bridgehead atoms. The van der Waals surface area contributed by atoms with Crippen LogP contribution in [0.15, 0.2) is 42.5 Å². The van der Waals surface area contributed by atoms with E-state index < -0.39 is 5.97 Å². The molecule has 0 saturated heterocycles. The van der Waals surface area contributed by atoms with Crippen LogP contribution in [0.1, 0.15) is 16.7 Å². The lowest BCUT2D eigenvalue weighted by Crippen LogP contribution is -2.17. The molecule has 0 atom stereocenters. The number of hydrogen-bond donors (Lipinski definition) is 2. The van der Waals surface area contributed by atoms with Gasteiger partial charge in [0.15, 0.2) is 11.5 Å². The summed E-state index contributed by atoms with van der Waals surface area (Å²) < 4.78 is 10.7. The molecule has 3 rings (SSSR count). The predicted molar refractivity (Wildman–Crippen MR) is 85.8 cm³/mol. The number of benzene rings is 2. The van der Waals surface area contributed by atoms with Crippen molar-refractivity contribution >= 4 is 5.97 Å². The maximum absolute atomic E-state index is 11.0. The van der Waals surface area contributed by atoms with E-state index in [0.29, 0.717) is 11.5 Å². The van der Waals surface area contributed by atoms with Gasteiger partial charge in [-0.1, -0.05) is 30.3 Å². The van der Waals surface area contributed by atoms with Crippen LogP contribution < -0.4 is 14.8 Å². The molecule has 1 aliphatic heterocycles. The Morgan fingerprint density at radius 3 is 2.48 bits per heavy atom. The first kappa shape index (κ1) is 15.4. The van der Waals surface area contributed by atoms with Gasteiger partial charge in [-0.05, 0) is 41.8 Å². The Balaban J connectivity index is 1.63. The molecule has 0 aromatic heterocycles. The summed E-state index contributed by atoms with van der Waals surface area (Å²) >= 11 is 0. The van der Waals surface area contributed by atoms with Crippen molar-refractivity contribution in [3.05, 3.63) is 59.2 Å². The Morgan fingerprint density at radius 1 is 1.09 bits per heavy atom. The molecule has 0 amide bonds. The van der Waals surface area contributed by atoms with Crippen LogP contribution in [-0.4, -0.2) is 24.4 Å². The summed E-state index contributed by atoms with van der Waals surface area (Å²) in [7, 11) is 0. The number of aliphatic carboxylic acids is 1. The van der Waals surface area contributed by atoms with Crippen molar-refractivity contribution in [2.75, 3.05) is 13.3 Å². The minimum atomic E-state index is -0.845. The Kier molecular flexibility index (Phi) is 4.78. The van der Waals surface area contributed by atoms with Crippen LogP contribution in [0.4, 0.5) is 0 Å². The molecule has 0 radical (unpaired) electrons. The summed E-state index contributed by atoms with van der Waals surface area (Å²) in [6.45, 7) is 1.75. The summed E-state index contributed by atoms with van der Waals surface area (Å²) in [6.07, 6.45) is 0.733. The third-order valence-electron chi connectivity index (χ3n) is 3.78. The second kappa shape index (κ2) is 7.15. The lowest BCUT2D eigenvalue weighted by Gasteiger charge is -2.10. The molecule has 1 heterocycles. The van der Waals surface area contributed by atoms with Crippen LogP contribution in [-0.2, 0) is 24.2 Å². The van der Waals surface area contributed by atoms with Gasteiger partial charge in [0.1, 0.15) is 0 Å². The quantitative estimate of drug-likeness (QED) is 0.768. The monoisotopic (exact) mass is 313 g/mol. The zero-order valence-corrected chi connectivity index (χ0v) is 12.7. The van der Waals surface area contributed by atoms with Gasteiger partial charge in [-0.2, -0.15) is 0 Å². The number of ether oxygens (including phenoxy) is 2. The molecule has 120 valence electrons. The van der Waals surface area contributed by atoms with Gasteiger partial charge in [0.05, 0.1) is 6.42 Å². The van der Waals surface area contributed by atoms with Gasteiger partial charge in [-0.15, -0.1) is 0 Å². The van der Waals surface area contributed by atoms with E-state index in [-0.39, 0.29) is 13.2 Å². The fraction of sp³-hybridized carbons (Fsp3) is 0.278. The molecule has 1 aliphatic rings. The minimum Gasteiger partial charge on any atom is -0.481 e. The highest BCUT2D eigenvalue weighted by Gasteiger charge is 2.18. The molecule has 0 spiro atoms. The molecular weight excluding hydrogens is 294 g/mol. The number of hydrogen-bond acceptors (Lipinski definition) is 4. The maximum atomic E-state index is 11.0. The first-order valence-corrected chi connectivity index (χ1v) is 7.60. The van der Waals surface area contributed by atoms with Crippen molar-refractivity contribution in [1.82, 2.24) is 5.32 Å². The molecule has 5 nitrogen and oxygen atoms in total. The molecule has 0 fully saturated rings. The van der Waals surface area contributed by atoms with E-state index >= 15 is 0 Å². The highest BCUT2D eigenvalue weighted by atomic mass is 16.7. The van der Waals surface area contributed by atoms with Gasteiger partial charge in [-0.3, -0.25) is 4.79 Å². The summed E-state index contributed by atoms with van der Waals surface area (Å²) in [5, 5.41) is 12.5. The Bertz CT molecular complexity index is 685. The number of rotatable bonds is 7. The Hall–Kier alpha value is -2.53. The first-order chi connectivity index (χ1) is 11.2. The number of carbonyl (C=O) groups is 1. The molecule has 0 aliphatic carbocycles.